The fraction of sp³-hybridized carbons (Fsp3) is 0.273. The minimum atomic E-state index is -0.556. The lowest BCUT2D eigenvalue weighted by molar-refractivity contribution is 0.0982. The smallest absolute Gasteiger partial charge is 0.267 e. The van der Waals surface area contributed by atoms with Crippen LogP contribution in [0.1, 0.15) is 37.6 Å². The summed E-state index contributed by atoms with van der Waals surface area (Å²) in [6, 6.07) is 14.1. The normalized spacial score (nSPS) is 10.3. The molecular formula is C22H25ClN2O3. The summed E-state index contributed by atoms with van der Waals surface area (Å²) >= 11 is 6.22. The SMILES string of the molecule is CC.CCCN(C(=O)c1c(O)c2c(Cl)cccc2n(C)c1=O)c1ccccc1. The van der Waals surface area contributed by atoms with E-state index in [2.05, 4.69) is 0 Å². The van der Waals surface area contributed by atoms with Crippen molar-refractivity contribution in [1.29, 1.82) is 0 Å². The van der Waals surface area contributed by atoms with Crippen molar-refractivity contribution in [2.45, 2.75) is 27.2 Å². The van der Waals surface area contributed by atoms with Gasteiger partial charge in [0.2, 0.25) is 0 Å². The number of aromatic hydroxyl groups is 1. The Morgan fingerprint density at radius 3 is 2.36 bits per heavy atom. The average molecular weight is 401 g/mol. The van der Waals surface area contributed by atoms with Crippen LogP contribution >= 0.6 is 11.6 Å². The highest BCUT2D eigenvalue weighted by atomic mass is 35.5. The minimum Gasteiger partial charge on any atom is -0.506 e. The van der Waals surface area contributed by atoms with Gasteiger partial charge in [0.25, 0.3) is 11.5 Å². The molecular weight excluding hydrogens is 376 g/mol. The molecule has 0 spiro atoms. The lowest BCUT2D eigenvalue weighted by atomic mass is 10.1. The summed E-state index contributed by atoms with van der Waals surface area (Å²) in [4.78, 5) is 27.5. The predicted molar refractivity (Wildman–Crippen MR) is 116 cm³/mol. The summed E-state index contributed by atoms with van der Waals surface area (Å²) in [5.41, 5.74) is 0.308. The van der Waals surface area contributed by atoms with Gasteiger partial charge in [-0.25, -0.2) is 0 Å². The molecule has 1 heterocycles. The molecule has 3 aromatic rings. The number of amides is 1. The van der Waals surface area contributed by atoms with Crippen LogP contribution in [0.2, 0.25) is 5.02 Å². The molecule has 5 nitrogen and oxygen atoms in total. The first-order chi connectivity index (χ1) is 13.5. The number of fused-ring (bicyclic) bond motifs is 1. The quantitative estimate of drug-likeness (QED) is 0.671. The Morgan fingerprint density at radius 2 is 1.75 bits per heavy atom. The number of para-hydroxylation sites is 1. The van der Waals surface area contributed by atoms with Gasteiger partial charge in [-0.2, -0.15) is 0 Å². The van der Waals surface area contributed by atoms with E-state index in [1.165, 1.54) is 9.47 Å². The number of halogens is 1. The van der Waals surface area contributed by atoms with E-state index < -0.39 is 11.5 Å². The summed E-state index contributed by atoms with van der Waals surface area (Å²) < 4.78 is 1.34. The molecule has 0 unspecified atom stereocenters. The van der Waals surface area contributed by atoms with E-state index in [1.807, 2.05) is 39.0 Å². The largest absolute Gasteiger partial charge is 0.506 e. The third-order valence-electron chi connectivity index (χ3n) is 4.32. The molecule has 148 valence electrons. The van der Waals surface area contributed by atoms with Crippen molar-refractivity contribution in [3.63, 3.8) is 0 Å². The molecule has 0 aliphatic rings. The van der Waals surface area contributed by atoms with Crippen LogP contribution in [-0.4, -0.2) is 22.1 Å². The maximum Gasteiger partial charge on any atom is 0.267 e. The zero-order valence-corrected chi connectivity index (χ0v) is 17.3. The zero-order chi connectivity index (χ0) is 20.8. The van der Waals surface area contributed by atoms with Crippen molar-refractivity contribution in [1.82, 2.24) is 4.57 Å². The first-order valence-corrected chi connectivity index (χ1v) is 9.72. The summed E-state index contributed by atoms with van der Waals surface area (Å²) in [6.45, 7) is 6.37. The Bertz CT molecular complexity index is 1030. The van der Waals surface area contributed by atoms with Gasteiger partial charge in [0, 0.05) is 19.3 Å². The molecule has 0 saturated carbocycles. The molecule has 0 aliphatic carbocycles. The van der Waals surface area contributed by atoms with Crippen molar-refractivity contribution in [3.8, 4) is 5.75 Å². The monoisotopic (exact) mass is 400 g/mol. The van der Waals surface area contributed by atoms with Crippen molar-refractivity contribution in [3.05, 3.63) is 69.5 Å². The van der Waals surface area contributed by atoms with Crippen LogP contribution < -0.4 is 10.5 Å². The van der Waals surface area contributed by atoms with Gasteiger partial charge in [0.05, 0.1) is 15.9 Å². The number of nitrogens with zero attached hydrogens (tertiary/aromatic N) is 2. The molecule has 1 amide bonds. The van der Waals surface area contributed by atoms with Crippen LogP contribution in [-0.2, 0) is 7.05 Å². The maximum absolute atomic E-state index is 13.2. The molecule has 2 aromatic carbocycles. The highest BCUT2D eigenvalue weighted by Gasteiger charge is 2.27. The van der Waals surface area contributed by atoms with Crippen LogP contribution in [0.5, 0.6) is 5.75 Å². The summed E-state index contributed by atoms with van der Waals surface area (Å²) in [5, 5.41) is 11.3. The number of aromatic nitrogens is 1. The third-order valence-corrected chi connectivity index (χ3v) is 4.63. The number of carbonyl (C=O) groups is 1. The molecule has 3 rings (SSSR count). The van der Waals surface area contributed by atoms with Gasteiger partial charge in [0.15, 0.2) is 0 Å². The highest BCUT2D eigenvalue weighted by Crippen LogP contribution is 2.33. The van der Waals surface area contributed by atoms with Crippen LogP contribution in [0.4, 0.5) is 5.69 Å². The van der Waals surface area contributed by atoms with Gasteiger partial charge in [-0.1, -0.05) is 56.6 Å². The second-order valence-corrected chi connectivity index (χ2v) is 6.42. The van der Waals surface area contributed by atoms with Crippen LogP contribution in [0.25, 0.3) is 10.9 Å². The number of carbonyl (C=O) groups excluding carboxylic acids is 1. The Hall–Kier alpha value is -2.79. The van der Waals surface area contributed by atoms with Crippen LogP contribution in [0, 0.1) is 0 Å². The lowest BCUT2D eigenvalue weighted by Crippen LogP contribution is -2.37. The molecule has 0 fully saturated rings. The topological polar surface area (TPSA) is 62.5 Å². The van der Waals surface area contributed by atoms with Crippen molar-refractivity contribution in [2.24, 2.45) is 7.05 Å². The lowest BCUT2D eigenvalue weighted by Gasteiger charge is -2.23. The third kappa shape index (κ3) is 3.90. The fourth-order valence-corrected chi connectivity index (χ4v) is 3.30. The molecule has 1 N–H and O–H groups in total. The molecule has 1 aromatic heterocycles. The average Bonchev–Trinajstić information content (AvgIpc) is 2.72. The van der Waals surface area contributed by atoms with E-state index >= 15 is 0 Å². The van der Waals surface area contributed by atoms with Gasteiger partial charge in [-0.05, 0) is 30.7 Å². The van der Waals surface area contributed by atoms with Gasteiger partial charge in [-0.15, -0.1) is 0 Å². The first kappa shape index (κ1) is 21.5. The van der Waals surface area contributed by atoms with Gasteiger partial charge >= 0.3 is 0 Å². The fourth-order valence-electron chi connectivity index (χ4n) is 3.04. The van der Waals surface area contributed by atoms with E-state index in [9.17, 15) is 14.7 Å². The molecule has 0 aliphatic heterocycles. The number of hydrogen-bond donors (Lipinski definition) is 1. The Labute approximate surface area is 169 Å². The highest BCUT2D eigenvalue weighted by molar-refractivity contribution is 6.36. The Kier molecular flexibility index (Phi) is 7.24. The molecule has 0 radical (unpaired) electrons. The van der Waals surface area contributed by atoms with Gasteiger partial charge < -0.3 is 14.6 Å². The Morgan fingerprint density at radius 1 is 1.11 bits per heavy atom. The number of rotatable bonds is 4. The first-order valence-electron chi connectivity index (χ1n) is 9.34. The zero-order valence-electron chi connectivity index (χ0n) is 16.6. The second-order valence-electron chi connectivity index (χ2n) is 6.01. The summed E-state index contributed by atoms with van der Waals surface area (Å²) in [5.74, 6) is -0.922. The molecule has 6 heteroatoms. The Balaban J connectivity index is 0.00000136. The molecule has 28 heavy (non-hydrogen) atoms. The maximum atomic E-state index is 13.2. The standard InChI is InChI=1S/C20H19ClN2O3.C2H6/c1-3-12-23(13-8-5-4-6-9-13)20(26)17-18(24)16-14(21)10-7-11-15(16)22(2)19(17)25;1-2/h4-11,24H,3,12H2,1-2H3;1-2H3. The van der Waals surface area contributed by atoms with E-state index in [0.717, 1.165) is 0 Å². The number of pyridine rings is 1. The molecule has 0 saturated heterocycles. The molecule has 0 atom stereocenters. The molecule has 0 bridgehead atoms. The summed E-state index contributed by atoms with van der Waals surface area (Å²) in [7, 11) is 1.56. The van der Waals surface area contributed by atoms with E-state index in [4.69, 9.17) is 11.6 Å². The number of anilines is 1. The predicted octanol–water partition coefficient (Wildman–Crippen LogP) is 4.98. The summed E-state index contributed by atoms with van der Waals surface area (Å²) in [6.07, 6.45) is 0.704. The van der Waals surface area contributed by atoms with Gasteiger partial charge in [-0.3, -0.25) is 9.59 Å². The number of aryl methyl sites for hydroxylation is 1. The van der Waals surface area contributed by atoms with Crippen molar-refractivity contribution < 1.29 is 9.90 Å². The van der Waals surface area contributed by atoms with Crippen LogP contribution in [0.3, 0.4) is 0 Å². The van der Waals surface area contributed by atoms with Gasteiger partial charge in [0.1, 0.15) is 11.3 Å². The second kappa shape index (κ2) is 9.42. The van der Waals surface area contributed by atoms with Crippen LogP contribution in [0.15, 0.2) is 53.3 Å². The minimum absolute atomic E-state index is 0.273. The number of hydrogen-bond acceptors (Lipinski definition) is 3. The van der Waals surface area contributed by atoms with E-state index in [-0.39, 0.29) is 16.3 Å². The van der Waals surface area contributed by atoms with Crippen molar-refractivity contribution in [2.75, 3.05) is 11.4 Å². The van der Waals surface area contributed by atoms with E-state index in [0.29, 0.717) is 29.6 Å². The van der Waals surface area contributed by atoms with E-state index in [1.54, 1.807) is 37.4 Å². The number of benzene rings is 2. The van der Waals surface area contributed by atoms with Crippen molar-refractivity contribution >= 4 is 34.1 Å².